The molecule has 0 bridgehead atoms. The SMILES string of the molecule is CCNCC1CCC1Cc1ccc(Cl)cc1. The first-order valence-corrected chi connectivity index (χ1v) is 6.62. The lowest BCUT2D eigenvalue weighted by atomic mass is 9.71. The van der Waals surface area contributed by atoms with Crippen molar-refractivity contribution in [3.8, 4) is 0 Å². The summed E-state index contributed by atoms with van der Waals surface area (Å²) in [6.07, 6.45) is 4.00. The molecule has 2 rings (SSSR count). The van der Waals surface area contributed by atoms with Crippen molar-refractivity contribution in [3.05, 3.63) is 34.9 Å². The van der Waals surface area contributed by atoms with Gasteiger partial charge in [0.2, 0.25) is 0 Å². The minimum atomic E-state index is 0.835. The van der Waals surface area contributed by atoms with Crippen LogP contribution >= 0.6 is 11.6 Å². The number of halogens is 1. The summed E-state index contributed by atoms with van der Waals surface area (Å²) in [4.78, 5) is 0. The predicted molar refractivity (Wildman–Crippen MR) is 69.9 cm³/mol. The van der Waals surface area contributed by atoms with Gasteiger partial charge in [0.1, 0.15) is 0 Å². The van der Waals surface area contributed by atoms with E-state index in [1.165, 1.54) is 31.4 Å². The minimum Gasteiger partial charge on any atom is -0.317 e. The molecule has 2 heteroatoms. The second-order valence-corrected chi connectivity index (χ2v) is 5.17. The third-order valence-corrected chi connectivity index (χ3v) is 3.89. The highest BCUT2D eigenvalue weighted by molar-refractivity contribution is 6.30. The summed E-state index contributed by atoms with van der Waals surface area (Å²) < 4.78 is 0. The van der Waals surface area contributed by atoms with E-state index >= 15 is 0 Å². The highest BCUT2D eigenvalue weighted by Gasteiger charge is 2.29. The molecule has 2 atom stereocenters. The summed E-state index contributed by atoms with van der Waals surface area (Å²) in [7, 11) is 0. The number of hydrogen-bond donors (Lipinski definition) is 1. The normalized spacial score (nSPS) is 24.1. The molecule has 88 valence electrons. The summed E-state index contributed by atoms with van der Waals surface area (Å²) in [6.45, 7) is 4.45. The highest BCUT2D eigenvalue weighted by Crippen LogP contribution is 2.36. The second kappa shape index (κ2) is 5.70. The Balaban J connectivity index is 1.83. The molecule has 0 radical (unpaired) electrons. The zero-order valence-corrected chi connectivity index (χ0v) is 10.6. The van der Waals surface area contributed by atoms with Crippen LogP contribution in [-0.2, 0) is 6.42 Å². The Morgan fingerprint density at radius 3 is 2.44 bits per heavy atom. The van der Waals surface area contributed by atoms with Crippen molar-refractivity contribution in [2.24, 2.45) is 11.8 Å². The van der Waals surface area contributed by atoms with Crippen molar-refractivity contribution in [2.45, 2.75) is 26.2 Å². The molecule has 0 aliphatic heterocycles. The van der Waals surface area contributed by atoms with Gasteiger partial charge in [0.15, 0.2) is 0 Å². The average Bonchev–Trinajstić information content (AvgIpc) is 2.27. The van der Waals surface area contributed by atoms with Crippen LogP contribution in [0.2, 0.25) is 5.02 Å². The van der Waals surface area contributed by atoms with Gasteiger partial charge in [-0.25, -0.2) is 0 Å². The third kappa shape index (κ3) is 2.99. The average molecular weight is 238 g/mol. The van der Waals surface area contributed by atoms with Crippen molar-refractivity contribution in [1.82, 2.24) is 5.32 Å². The summed E-state index contributed by atoms with van der Waals surface area (Å²) in [5, 5.41) is 4.29. The van der Waals surface area contributed by atoms with E-state index in [0.29, 0.717) is 0 Å². The standard InChI is InChI=1S/C14H20ClN/c1-2-16-10-13-6-5-12(13)9-11-3-7-14(15)8-4-11/h3-4,7-8,12-13,16H,2,5-6,9-10H2,1H3. The van der Waals surface area contributed by atoms with Crippen LogP contribution < -0.4 is 5.32 Å². The van der Waals surface area contributed by atoms with Crippen LogP contribution in [0.25, 0.3) is 0 Å². The quantitative estimate of drug-likeness (QED) is 0.827. The van der Waals surface area contributed by atoms with E-state index in [9.17, 15) is 0 Å². The summed E-state index contributed by atoms with van der Waals surface area (Å²) in [5.74, 6) is 1.76. The van der Waals surface area contributed by atoms with Crippen LogP contribution in [0.15, 0.2) is 24.3 Å². The molecular formula is C14H20ClN. The molecule has 16 heavy (non-hydrogen) atoms. The first-order valence-electron chi connectivity index (χ1n) is 6.24. The van der Waals surface area contributed by atoms with Crippen LogP contribution in [0.4, 0.5) is 0 Å². The van der Waals surface area contributed by atoms with Gasteiger partial charge in [-0.05, 0) is 61.9 Å². The largest absolute Gasteiger partial charge is 0.317 e. The minimum absolute atomic E-state index is 0.835. The van der Waals surface area contributed by atoms with E-state index in [0.717, 1.165) is 23.4 Å². The Morgan fingerprint density at radius 1 is 1.19 bits per heavy atom. The summed E-state index contributed by atoms with van der Waals surface area (Å²) in [5.41, 5.74) is 1.43. The van der Waals surface area contributed by atoms with Gasteiger partial charge in [-0.1, -0.05) is 30.7 Å². The lowest BCUT2D eigenvalue weighted by Crippen LogP contribution is -2.36. The number of nitrogens with one attached hydrogen (secondary N) is 1. The van der Waals surface area contributed by atoms with Gasteiger partial charge in [-0.15, -0.1) is 0 Å². The fourth-order valence-corrected chi connectivity index (χ4v) is 2.55. The van der Waals surface area contributed by atoms with Gasteiger partial charge in [-0.3, -0.25) is 0 Å². The molecule has 0 heterocycles. The third-order valence-electron chi connectivity index (χ3n) is 3.64. The lowest BCUT2D eigenvalue weighted by Gasteiger charge is -2.37. The number of hydrogen-bond acceptors (Lipinski definition) is 1. The maximum atomic E-state index is 5.88. The molecule has 0 saturated heterocycles. The van der Waals surface area contributed by atoms with Crippen LogP contribution in [0.1, 0.15) is 25.3 Å². The molecule has 0 spiro atoms. The van der Waals surface area contributed by atoms with E-state index < -0.39 is 0 Å². The van der Waals surface area contributed by atoms with Gasteiger partial charge >= 0.3 is 0 Å². The van der Waals surface area contributed by atoms with Crippen molar-refractivity contribution in [3.63, 3.8) is 0 Å². The van der Waals surface area contributed by atoms with Crippen molar-refractivity contribution < 1.29 is 0 Å². The van der Waals surface area contributed by atoms with Gasteiger partial charge in [0.05, 0.1) is 0 Å². The van der Waals surface area contributed by atoms with Gasteiger partial charge in [0.25, 0.3) is 0 Å². The van der Waals surface area contributed by atoms with Crippen LogP contribution in [0.3, 0.4) is 0 Å². The number of benzene rings is 1. The van der Waals surface area contributed by atoms with Gasteiger partial charge in [0, 0.05) is 5.02 Å². The van der Waals surface area contributed by atoms with Crippen LogP contribution in [0, 0.1) is 11.8 Å². The van der Waals surface area contributed by atoms with Crippen molar-refractivity contribution in [2.75, 3.05) is 13.1 Å². The maximum absolute atomic E-state index is 5.88. The first-order chi connectivity index (χ1) is 7.79. The molecule has 1 aromatic carbocycles. The van der Waals surface area contributed by atoms with Gasteiger partial charge in [-0.2, -0.15) is 0 Å². The molecule has 2 unspecified atom stereocenters. The Labute approximate surface area is 103 Å². The van der Waals surface area contributed by atoms with Gasteiger partial charge < -0.3 is 5.32 Å². The molecule has 1 N–H and O–H groups in total. The topological polar surface area (TPSA) is 12.0 Å². The molecule has 1 aliphatic rings. The summed E-state index contributed by atoms with van der Waals surface area (Å²) in [6, 6.07) is 8.31. The molecule has 1 nitrogen and oxygen atoms in total. The van der Waals surface area contributed by atoms with E-state index in [4.69, 9.17) is 11.6 Å². The Kier molecular flexibility index (Phi) is 4.25. The van der Waals surface area contributed by atoms with Crippen LogP contribution in [0.5, 0.6) is 0 Å². The molecule has 1 fully saturated rings. The fraction of sp³-hybridized carbons (Fsp3) is 0.571. The second-order valence-electron chi connectivity index (χ2n) is 4.74. The van der Waals surface area contributed by atoms with E-state index in [1.807, 2.05) is 12.1 Å². The summed E-state index contributed by atoms with van der Waals surface area (Å²) >= 11 is 5.88. The van der Waals surface area contributed by atoms with E-state index in [-0.39, 0.29) is 0 Å². The predicted octanol–water partition coefficient (Wildman–Crippen LogP) is 3.52. The molecule has 1 saturated carbocycles. The molecule has 0 aromatic heterocycles. The Hall–Kier alpha value is -0.530. The first kappa shape index (κ1) is 11.9. The van der Waals surface area contributed by atoms with Crippen LogP contribution in [-0.4, -0.2) is 13.1 Å². The molecule has 1 aliphatic carbocycles. The van der Waals surface area contributed by atoms with Crippen molar-refractivity contribution >= 4 is 11.6 Å². The zero-order valence-electron chi connectivity index (χ0n) is 9.88. The monoisotopic (exact) mass is 237 g/mol. The van der Waals surface area contributed by atoms with E-state index in [2.05, 4.69) is 24.4 Å². The molecule has 0 amide bonds. The molecular weight excluding hydrogens is 218 g/mol. The number of rotatable bonds is 5. The Bertz CT molecular complexity index is 320. The Morgan fingerprint density at radius 2 is 1.88 bits per heavy atom. The lowest BCUT2D eigenvalue weighted by molar-refractivity contribution is 0.172. The zero-order chi connectivity index (χ0) is 11.4. The highest BCUT2D eigenvalue weighted by atomic mass is 35.5. The maximum Gasteiger partial charge on any atom is 0.0406 e. The van der Waals surface area contributed by atoms with E-state index in [1.54, 1.807) is 0 Å². The smallest absolute Gasteiger partial charge is 0.0406 e. The van der Waals surface area contributed by atoms with Crippen molar-refractivity contribution in [1.29, 1.82) is 0 Å². The molecule has 1 aromatic rings. The fourth-order valence-electron chi connectivity index (χ4n) is 2.43.